The zero-order valence-electron chi connectivity index (χ0n) is 16.9. The minimum atomic E-state index is -0.424. The number of hydrogen-bond donors (Lipinski definition) is 1. The number of aryl methyl sites for hydroxylation is 1. The van der Waals surface area contributed by atoms with Crippen LogP contribution in [0.15, 0.2) is 53.2 Å². The van der Waals surface area contributed by atoms with Gasteiger partial charge in [0.15, 0.2) is 0 Å². The normalized spacial score (nSPS) is 11.4. The Bertz CT molecular complexity index is 1080. The summed E-state index contributed by atoms with van der Waals surface area (Å²) in [6, 6.07) is 10.3. The average Bonchev–Trinajstić information content (AvgIpc) is 3.07. The van der Waals surface area contributed by atoms with Crippen molar-refractivity contribution in [3.8, 4) is 5.75 Å². The molecule has 150 valence electrons. The maximum absolute atomic E-state index is 12.5. The van der Waals surface area contributed by atoms with E-state index in [1.54, 1.807) is 30.5 Å². The first kappa shape index (κ1) is 20.2. The molecule has 0 aliphatic heterocycles. The van der Waals surface area contributed by atoms with Gasteiger partial charge in [0.2, 0.25) is 5.91 Å². The molecule has 0 unspecified atom stereocenters. The number of allylic oxidation sites excluding steroid dienone is 1. The molecule has 0 spiro atoms. The molecule has 1 N–H and O–H groups in total. The van der Waals surface area contributed by atoms with Crippen LogP contribution in [0, 0.1) is 6.92 Å². The zero-order valence-corrected chi connectivity index (χ0v) is 16.9. The Hall–Kier alpha value is -3.54. The Balaban J connectivity index is 1.84. The maximum Gasteiger partial charge on any atom is 0.337 e. The Morgan fingerprint density at radius 1 is 1.17 bits per heavy atom. The molecular weight excluding hydrogens is 370 g/mol. The van der Waals surface area contributed by atoms with Crippen LogP contribution in [0.1, 0.15) is 35.3 Å². The Morgan fingerprint density at radius 2 is 1.90 bits per heavy atom. The summed E-state index contributed by atoms with van der Waals surface area (Å²) in [5, 5.41) is 3.78. The molecule has 0 atom stereocenters. The van der Waals surface area contributed by atoms with Gasteiger partial charge in [-0.3, -0.25) is 4.79 Å². The van der Waals surface area contributed by atoms with Crippen molar-refractivity contribution in [2.75, 3.05) is 19.0 Å². The quantitative estimate of drug-likeness (QED) is 0.473. The van der Waals surface area contributed by atoms with Gasteiger partial charge < -0.3 is 19.2 Å². The molecule has 0 radical (unpaired) electrons. The fraction of sp³-hybridized carbons (Fsp3) is 0.217. The smallest absolute Gasteiger partial charge is 0.337 e. The van der Waals surface area contributed by atoms with E-state index in [9.17, 15) is 9.59 Å². The van der Waals surface area contributed by atoms with Crippen LogP contribution in [0.5, 0.6) is 5.75 Å². The number of hydrogen-bond acceptors (Lipinski definition) is 5. The first-order valence-corrected chi connectivity index (χ1v) is 9.25. The largest absolute Gasteiger partial charge is 0.493 e. The molecule has 0 fully saturated rings. The Morgan fingerprint density at radius 3 is 2.55 bits per heavy atom. The fourth-order valence-corrected chi connectivity index (χ4v) is 3.03. The second kappa shape index (κ2) is 8.65. The standard InChI is InChI=1S/C23H23NO5/c1-5-28-20-12-21-19(15(3)13-29-21)11-18(20)14(2)10-22(25)24-17-8-6-16(7-9-17)23(26)27-4/h6-13H,5H2,1-4H3,(H,24,25)/b14-10+. The Labute approximate surface area is 169 Å². The molecule has 0 saturated carbocycles. The van der Waals surface area contributed by atoms with Gasteiger partial charge in [-0.25, -0.2) is 4.79 Å². The van der Waals surface area contributed by atoms with E-state index in [-0.39, 0.29) is 5.91 Å². The molecule has 0 aliphatic carbocycles. The van der Waals surface area contributed by atoms with E-state index >= 15 is 0 Å². The van der Waals surface area contributed by atoms with Gasteiger partial charge in [-0.2, -0.15) is 0 Å². The molecule has 2 aromatic carbocycles. The third kappa shape index (κ3) is 4.48. The molecular formula is C23H23NO5. The number of methoxy groups -OCH3 is 1. The van der Waals surface area contributed by atoms with Crippen molar-refractivity contribution >= 4 is 34.1 Å². The van der Waals surface area contributed by atoms with Gasteiger partial charge in [0.1, 0.15) is 11.3 Å². The van der Waals surface area contributed by atoms with Gasteiger partial charge in [0.05, 0.1) is 25.5 Å². The number of carbonyl (C=O) groups excluding carboxylic acids is 2. The van der Waals surface area contributed by atoms with Crippen LogP contribution in [0.2, 0.25) is 0 Å². The maximum atomic E-state index is 12.5. The summed E-state index contributed by atoms with van der Waals surface area (Å²) >= 11 is 0. The van der Waals surface area contributed by atoms with Gasteiger partial charge >= 0.3 is 5.97 Å². The average molecular weight is 393 g/mol. The number of carbonyl (C=O) groups is 2. The topological polar surface area (TPSA) is 77.8 Å². The number of amides is 1. The molecule has 3 aromatic rings. The highest BCUT2D eigenvalue weighted by molar-refractivity contribution is 6.05. The van der Waals surface area contributed by atoms with Crippen LogP contribution in [-0.2, 0) is 9.53 Å². The van der Waals surface area contributed by atoms with E-state index in [4.69, 9.17) is 9.15 Å². The monoisotopic (exact) mass is 393 g/mol. The van der Waals surface area contributed by atoms with Crippen LogP contribution >= 0.6 is 0 Å². The molecule has 0 saturated heterocycles. The number of ether oxygens (including phenoxy) is 2. The number of benzene rings is 2. The van der Waals surface area contributed by atoms with Gasteiger partial charge in [0.25, 0.3) is 0 Å². The van der Waals surface area contributed by atoms with E-state index in [2.05, 4.69) is 10.1 Å². The van der Waals surface area contributed by atoms with Crippen molar-refractivity contribution in [1.29, 1.82) is 0 Å². The molecule has 1 heterocycles. The first-order valence-electron chi connectivity index (χ1n) is 9.25. The fourth-order valence-electron chi connectivity index (χ4n) is 3.03. The van der Waals surface area contributed by atoms with Crippen molar-refractivity contribution in [3.63, 3.8) is 0 Å². The molecule has 1 amide bonds. The Kier molecular flexibility index (Phi) is 6.02. The molecule has 29 heavy (non-hydrogen) atoms. The third-order valence-corrected chi connectivity index (χ3v) is 4.52. The van der Waals surface area contributed by atoms with Crippen LogP contribution in [-0.4, -0.2) is 25.6 Å². The zero-order chi connectivity index (χ0) is 21.0. The van der Waals surface area contributed by atoms with Crippen molar-refractivity contribution in [1.82, 2.24) is 0 Å². The summed E-state index contributed by atoms with van der Waals surface area (Å²) in [5.74, 6) is -0.0369. The molecule has 6 heteroatoms. The minimum Gasteiger partial charge on any atom is -0.493 e. The minimum absolute atomic E-state index is 0.278. The summed E-state index contributed by atoms with van der Waals surface area (Å²) < 4.78 is 16.0. The predicted octanol–water partition coefficient (Wildman–Crippen LogP) is 4.97. The van der Waals surface area contributed by atoms with E-state index in [1.807, 2.05) is 32.9 Å². The van der Waals surface area contributed by atoms with Crippen LogP contribution in [0.4, 0.5) is 5.69 Å². The van der Waals surface area contributed by atoms with E-state index in [1.165, 1.54) is 13.2 Å². The molecule has 6 nitrogen and oxygen atoms in total. The molecule has 0 bridgehead atoms. The van der Waals surface area contributed by atoms with Crippen LogP contribution in [0.25, 0.3) is 16.5 Å². The first-order chi connectivity index (χ1) is 13.9. The molecule has 1 aromatic heterocycles. The molecule has 3 rings (SSSR count). The number of anilines is 1. The lowest BCUT2D eigenvalue weighted by Crippen LogP contribution is -2.09. The molecule has 0 aliphatic rings. The van der Waals surface area contributed by atoms with E-state index < -0.39 is 5.97 Å². The second-order valence-electron chi connectivity index (χ2n) is 6.58. The van der Waals surface area contributed by atoms with Crippen molar-refractivity contribution in [2.45, 2.75) is 20.8 Å². The van der Waals surface area contributed by atoms with Gasteiger partial charge in [-0.05, 0) is 62.2 Å². The highest BCUT2D eigenvalue weighted by Gasteiger charge is 2.13. The van der Waals surface area contributed by atoms with Gasteiger partial charge in [-0.1, -0.05) is 0 Å². The SMILES string of the molecule is CCOc1cc2occ(C)c2cc1/C(C)=C/C(=O)Nc1ccc(C(=O)OC)cc1. The lowest BCUT2D eigenvalue weighted by Gasteiger charge is -2.11. The van der Waals surface area contributed by atoms with Crippen LogP contribution < -0.4 is 10.1 Å². The summed E-state index contributed by atoms with van der Waals surface area (Å²) in [4.78, 5) is 24.0. The number of rotatable bonds is 6. The van der Waals surface area contributed by atoms with Crippen molar-refractivity contribution in [2.24, 2.45) is 0 Å². The number of fused-ring (bicyclic) bond motifs is 1. The number of esters is 1. The number of furan rings is 1. The van der Waals surface area contributed by atoms with Gasteiger partial charge in [0, 0.05) is 28.8 Å². The van der Waals surface area contributed by atoms with E-state index in [0.29, 0.717) is 23.6 Å². The summed E-state index contributed by atoms with van der Waals surface area (Å²) in [6.45, 7) is 6.24. The van der Waals surface area contributed by atoms with Gasteiger partial charge in [-0.15, -0.1) is 0 Å². The lowest BCUT2D eigenvalue weighted by atomic mass is 10.0. The summed E-state index contributed by atoms with van der Waals surface area (Å²) in [5.41, 5.74) is 4.37. The van der Waals surface area contributed by atoms with Crippen LogP contribution in [0.3, 0.4) is 0 Å². The highest BCUT2D eigenvalue weighted by Crippen LogP contribution is 2.33. The lowest BCUT2D eigenvalue weighted by molar-refractivity contribution is -0.111. The third-order valence-electron chi connectivity index (χ3n) is 4.52. The van der Waals surface area contributed by atoms with Crippen molar-refractivity contribution in [3.05, 3.63) is 65.4 Å². The second-order valence-corrected chi connectivity index (χ2v) is 6.58. The van der Waals surface area contributed by atoms with E-state index in [0.717, 1.165) is 27.7 Å². The van der Waals surface area contributed by atoms with Crippen molar-refractivity contribution < 1.29 is 23.5 Å². The number of nitrogens with one attached hydrogen (secondary N) is 1. The summed E-state index contributed by atoms with van der Waals surface area (Å²) in [7, 11) is 1.32. The summed E-state index contributed by atoms with van der Waals surface area (Å²) in [6.07, 6.45) is 3.22. The predicted molar refractivity (Wildman–Crippen MR) is 112 cm³/mol. The highest BCUT2D eigenvalue weighted by atomic mass is 16.5.